The van der Waals surface area contributed by atoms with Gasteiger partial charge in [0.05, 0.1) is 17.7 Å². The molecule has 3 atom stereocenters. The minimum Gasteiger partial charge on any atom is -0.493 e. The van der Waals surface area contributed by atoms with E-state index >= 15 is 0 Å². The number of ether oxygens (including phenoxy) is 2. The van der Waals surface area contributed by atoms with Crippen molar-refractivity contribution in [1.82, 2.24) is 0 Å². The highest BCUT2D eigenvalue weighted by Crippen LogP contribution is 2.37. The summed E-state index contributed by atoms with van der Waals surface area (Å²) in [6.45, 7) is 6.58. The number of rotatable bonds is 4. The van der Waals surface area contributed by atoms with Crippen LogP contribution in [0.15, 0.2) is 17.3 Å². The van der Waals surface area contributed by atoms with E-state index in [-0.39, 0.29) is 17.6 Å². The van der Waals surface area contributed by atoms with Crippen LogP contribution >= 0.6 is 11.6 Å². The van der Waals surface area contributed by atoms with Crippen LogP contribution in [0.1, 0.15) is 38.3 Å². The first-order chi connectivity index (χ1) is 10.1. The molecule has 21 heavy (non-hydrogen) atoms. The molecule has 2 aliphatic rings. The fourth-order valence-corrected chi connectivity index (χ4v) is 2.88. The summed E-state index contributed by atoms with van der Waals surface area (Å²) in [6.07, 6.45) is 1.74. The second-order valence-corrected chi connectivity index (χ2v) is 6.27. The molecule has 114 valence electrons. The topological polar surface area (TPSA) is 40.0 Å². The number of alkyl halides is 1. The lowest BCUT2D eigenvalue weighted by atomic mass is 9.99. The average molecular weight is 310 g/mol. The molecule has 3 rings (SSSR count). The van der Waals surface area contributed by atoms with Crippen molar-refractivity contribution < 1.29 is 14.3 Å². The molecular formula is C16H20ClNO3. The molecular weight excluding hydrogens is 290 g/mol. The van der Waals surface area contributed by atoms with Crippen molar-refractivity contribution in [3.05, 3.63) is 23.3 Å². The van der Waals surface area contributed by atoms with Gasteiger partial charge in [-0.1, -0.05) is 5.16 Å². The normalized spacial score (nSPS) is 24.9. The van der Waals surface area contributed by atoms with Gasteiger partial charge in [-0.15, -0.1) is 11.6 Å². The first-order valence-electron chi connectivity index (χ1n) is 7.42. The Hall–Kier alpha value is -1.42. The van der Waals surface area contributed by atoms with Crippen molar-refractivity contribution in [2.24, 2.45) is 5.16 Å². The van der Waals surface area contributed by atoms with Crippen molar-refractivity contribution in [2.45, 2.75) is 51.2 Å². The van der Waals surface area contributed by atoms with Crippen molar-refractivity contribution in [1.29, 1.82) is 0 Å². The Morgan fingerprint density at radius 1 is 1.43 bits per heavy atom. The third-order valence-corrected chi connectivity index (χ3v) is 4.10. The third-order valence-electron chi connectivity index (χ3n) is 3.81. The molecule has 0 fully saturated rings. The number of nitrogens with zero attached hydrogens (tertiary/aromatic N) is 1. The molecule has 0 radical (unpaired) electrons. The second kappa shape index (κ2) is 5.76. The number of hydrogen-bond acceptors (Lipinski definition) is 4. The first-order valence-corrected chi connectivity index (χ1v) is 7.85. The van der Waals surface area contributed by atoms with Crippen LogP contribution in [0.4, 0.5) is 0 Å². The smallest absolute Gasteiger partial charge is 0.149 e. The molecule has 4 nitrogen and oxygen atoms in total. The van der Waals surface area contributed by atoms with Crippen molar-refractivity contribution >= 4 is 17.3 Å². The minimum absolute atomic E-state index is 0.0764. The van der Waals surface area contributed by atoms with Crippen LogP contribution in [0.25, 0.3) is 0 Å². The molecule has 3 unspecified atom stereocenters. The van der Waals surface area contributed by atoms with E-state index < -0.39 is 0 Å². The van der Waals surface area contributed by atoms with Crippen LogP contribution in [0.2, 0.25) is 0 Å². The minimum atomic E-state index is -0.0794. The van der Waals surface area contributed by atoms with E-state index in [1.807, 2.05) is 19.9 Å². The molecule has 2 heterocycles. The largest absolute Gasteiger partial charge is 0.493 e. The van der Waals surface area contributed by atoms with Gasteiger partial charge in [0, 0.05) is 24.0 Å². The van der Waals surface area contributed by atoms with Gasteiger partial charge in [0.15, 0.2) is 0 Å². The maximum atomic E-state index is 6.10. The van der Waals surface area contributed by atoms with Crippen LogP contribution in [0.5, 0.6) is 11.5 Å². The van der Waals surface area contributed by atoms with Gasteiger partial charge in [-0.3, -0.25) is 0 Å². The van der Waals surface area contributed by atoms with E-state index in [2.05, 4.69) is 18.1 Å². The molecule has 0 bridgehead atoms. The zero-order chi connectivity index (χ0) is 15.0. The van der Waals surface area contributed by atoms with E-state index in [9.17, 15) is 0 Å². The summed E-state index contributed by atoms with van der Waals surface area (Å²) < 4.78 is 11.6. The van der Waals surface area contributed by atoms with Gasteiger partial charge >= 0.3 is 0 Å². The van der Waals surface area contributed by atoms with E-state index in [0.29, 0.717) is 13.0 Å². The van der Waals surface area contributed by atoms with Crippen LogP contribution in [-0.4, -0.2) is 29.9 Å². The lowest BCUT2D eigenvalue weighted by Gasteiger charge is -2.12. The van der Waals surface area contributed by atoms with E-state index in [1.54, 1.807) is 0 Å². The zero-order valence-electron chi connectivity index (χ0n) is 12.6. The van der Waals surface area contributed by atoms with E-state index in [0.717, 1.165) is 29.2 Å². The molecule has 0 spiro atoms. The molecule has 0 saturated carbocycles. The van der Waals surface area contributed by atoms with Gasteiger partial charge in [-0.2, -0.15) is 0 Å². The number of halogens is 1. The Bertz CT molecular complexity index is 571. The van der Waals surface area contributed by atoms with Gasteiger partial charge in [0.25, 0.3) is 0 Å². The summed E-state index contributed by atoms with van der Waals surface area (Å²) in [5.74, 6) is 1.77. The van der Waals surface area contributed by atoms with Gasteiger partial charge in [0.1, 0.15) is 23.7 Å². The van der Waals surface area contributed by atoms with Crippen molar-refractivity contribution in [3.8, 4) is 11.5 Å². The molecule has 0 N–H and O–H groups in total. The number of fused-ring (bicyclic) bond motifs is 1. The highest BCUT2D eigenvalue weighted by molar-refractivity contribution is 6.21. The zero-order valence-corrected chi connectivity index (χ0v) is 13.3. The number of oxime groups is 1. The van der Waals surface area contributed by atoms with Gasteiger partial charge in [-0.25, -0.2) is 0 Å². The predicted molar refractivity (Wildman–Crippen MR) is 82.7 cm³/mol. The lowest BCUT2D eigenvalue weighted by molar-refractivity contribution is 0.0855. The lowest BCUT2D eigenvalue weighted by Crippen LogP contribution is -2.18. The monoisotopic (exact) mass is 309 g/mol. The molecule has 0 amide bonds. The summed E-state index contributed by atoms with van der Waals surface area (Å²) in [4.78, 5) is 5.41. The molecule has 1 aromatic carbocycles. The van der Waals surface area contributed by atoms with E-state index in [1.165, 1.54) is 5.56 Å². The Labute approximate surface area is 130 Å². The Balaban J connectivity index is 1.93. The summed E-state index contributed by atoms with van der Waals surface area (Å²) in [7, 11) is 0. The summed E-state index contributed by atoms with van der Waals surface area (Å²) in [6, 6.07) is 4.09. The Kier molecular flexibility index (Phi) is 3.98. The van der Waals surface area contributed by atoms with Gasteiger partial charge in [0.2, 0.25) is 0 Å². The highest BCUT2D eigenvalue weighted by atomic mass is 35.5. The SMILES string of the molecule is CCOc1cc2c(cc1C1=NOC(C(C)Cl)C1)OC(C)C2. The number of benzene rings is 1. The van der Waals surface area contributed by atoms with E-state index in [4.69, 9.17) is 25.9 Å². The first kappa shape index (κ1) is 14.5. The molecule has 2 aliphatic heterocycles. The Morgan fingerprint density at radius 2 is 2.24 bits per heavy atom. The van der Waals surface area contributed by atoms with Crippen molar-refractivity contribution in [2.75, 3.05) is 6.61 Å². The fraction of sp³-hybridized carbons (Fsp3) is 0.562. The third kappa shape index (κ3) is 2.82. The Morgan fingerprint density at radius 3 is 2.90 bits per heavy atom. The molecule has 1 aromatic rings. The molecule has 5 heteroatoms. The molecule has 0 saturated heterocycles. The maximum Gasteiger partial charge on any atom is 0.149 e. The fourth-order valence-electron chi connectivity index (χ4n) is 2.74. The molecule has 0 aliphatic carbocycles. The van der Waals surface area contributed by atoms with Crippen LogP contribution in [0.3, 0.4) is 0 Å². The summed E-state index contributed by atoms with van der Waals surface area (Å²) in [5.41, 5.74) is 3.02. The maximum absolute atomic E-state index is 6.10. The van der Waals surface area contributed by atoms with Gasteiger partial charge < -0.3 is 14.3 Å². The quantitative estimate of drug-likeness (QED) is 0.799. The van der Waals surface area contributed by atoms with Crippen LogP contribution in [0, 0.1) is 0 Å². The predicted octanol–water partition coefficient (Wildman–Crippen LogP) is 3.53. The van der Waals surface area contributed by atoms with Gasteiger partial charge in [-0.05, 0) is 32.9 Å². The summed E-state index contributed by atoms with van der Waals surface area (Å²) >= 11 is 6.10. The highest BCUT2D eigenvalue weighted by Gasteiger charge is 2.30. The second-order valence-electron chi connectivity index (χ2n) is 5.59. The van der Waals surface area contributed by atoms with Crippen LogP contribution in [-0.2, 0) is 11.3 Å². The standard InChI is InChI=1S/C16H20ClNO3/c1-4-19-16-6-11-5-9(2)20-15(11)7-12(16)13-8-14(10(3)17)21-18-13/h6-7,9-10,14H,4-5,8H2,1-3H3. The number of hydrogen-bond donors (Lipinski definition) is 0. The van der Waals surface area contributed by atoms with Crippen LogP contribution < -0.4 is 9.47 Å². The van der Waals surface area contributed by atoms with Crippen molar-refractivity contribution in [3.63, 3.8) is 0 Å². The summed E-state index contributed by atoms with van der Waals surface area (Å²) in [5, 5.41) is 4.12. The average Bonchev–Trinajstić information content (AvgIpc) is 3.03. The molecule has 0 aromatic heterocycles.